The molecule has 5 aliphatic rings. The zero-order chi connectivity index (χ0) is 24.1. The van der Waals surface area contributed by atoms with Crippen LogP contribution in [0.25, 0.3) is 0 Å². The number of carbonyl (C=O) groups is 2. The van der Waals surface area contributed by atoms with Gasteiger partial charge in [-0.3, -0.25) is 9.35 Å². The summed E-state index contributed by atoms with van der Waals surface area (Å²) >= 11 is 0. The van der Waals surface area contributed by atoms with Gasteiger partial charge in [0, 0.05) is 11.8 Å². The third-order valence-electron chi connectivity index (χ3n) is 7.11. The Hall–Kier alpha value is -1.55. The molecule has 0 radical (unpaired) electrons. The largest absolute Gasteiger partial charge is 0.465 e. The summed E-state index contributed by atoms with van der Waals surface area (Å²) in [5.41, 5.74) is -0.206. The van der Waals surface area contributed by atoms with Gasteiger partial charge in [-0.1, -0.05) is 27.2 Å². The van der Waals surface area contributed by atoms with E-state index >= 15 is 0 Å². The lowest BCUT2D eigenvalue weighted by Crippen LogP contribution is -2.52. The quantitative estimate of drug-likeness (QED) is 0.364. The number of carbonyl (C=O) groups excluding carboxylic acids is 2. The van der Waals surface area contributed by atoms with E-state index in [2.05, 4.69) is 4.74 Å². The van der Waals surface area contributed by atoms with E-state index < -0.39 is 38.8 Å². The van der Waals surface area contributed by atoms with Gasteiger partial charge in [-0.25, -0.2) is 4.79 Å². The van der Waals surface area contributed by atoms with Crippen molar-refractivity contribution in [3.05, 3.63) is 11.3 Å². The summed E-state index contributed by atoms with van der Waals surface area (Å²) in [6.07, 6.45) is 4.58. The zero-order valence-corrected chi connectivity index (χ0v) is 19.8. The Labute approximate surface area is 187 Å². The molecular weight excluding hydrogens is 446 g/mol. The Morgan fingerprint density at radius 1 is 1.22 bits per heavy atom. The third-order valence-corrected chi connectivity index (χ3v) is 7.92. The Morgan fingerprint density at radius 2 is 1.81 bits per heavy atom. The number of hydrogen-bond acceptors (Lipinski definition) is 6. The van der Waals surface area contributed by atoms with Crippen LogP contribution in [0.2, 0.25) is 0 Å². The summed E-state index contributed by atoms with van der Waals surface area (Å²) in [7, 11) is -5.92. The first-order valence-corrected chi connectivity index (χ1v) is 12.6. The first kappa shape index (κ1) is 25.1. The monoisotopic (exact) mass is 478 g/mol. The molecule has 3 fully saturated rings. The van der Waals surface area contributed by atoms with Crippen LogP contribution in [-0.4, -0.2) is 36.8 Å². The smallest absolute Gasteiger partial charge is 0.460 e. The maximum Gasteiger partial charge on any atom is 0.465 e. The van der Waals surface area contributed by atoms with E-state index in [0.29, 0.717) is 37.4 Å². The molecule has 4 bridgehead atoms. The number of esters is 2. The van der Waals surface area contributed by atoms with E-state index in [1.54, 1.807) is 0 Å². The minimum Gasteiger partial charge on any atom is -0.460 e. The second-order valence-corrected chi connectivity index (χ2v) is 11.9. The highest BCUT2D eigenvalue weighted by atomic mass is 32.2. The van der Waals surface area contributed by atoms with Crippen LogP contribution < -0.4 is 0 Å². The fourth-order valence-electron chi connectivity index (χ4n) is 5.98. The molecule has 3 atom stereocenters. The number of allylic oxidation sites excluding steroid dienone is 2. The van der Waals surface area contributed by atoms with Crippen LogP contribution in [-0.2, 0) is 29.2 Å². The van der Waals surface area contributed by atoms with Crippen LogP contribution >= 0.6 is 0 Å². The van der Waals surface area contributed by atoms with E-state index in [-0.39, 0.29) is 24.2 Å². The topological polar surface area (TPSA) is 107 Å². The van der Waals surface area contributed by atoms with Gasteiger partial charge < -0.3 is 9.47 Å². The summed E-state index contributed by atoms with van der Waals surface area (Å²) in [6, 6.07) is 0. The van der Waals surface area contributed by atoms with Crippen molar-refractivity contribution in [1.82, 2.24) is 0 Å². The second-order valence-electron chi connectivity index (χ2n) is 10.5. The van der Waals surface area contributed by atoms with Crippen LogP contribution in [0.1, 0.15) is 72.6 Å². The molecule has 5 rings (SSSR count). The van der Waals surface area contributed by atoms with Gasteiger partial charge in [-0.2, -0.15) is 17.2 Å². The van der Waals surface area contributed by atoms with Gasteiger partial charge in [0.05, 0.1) is 12.0 Å². The van der Waals surface area contributed by atoms with Crippen molar-refractivity contribution in [2.45, 2.75) is 77.9 Å². The van der Waals surface area contributed by atoms with Crippen molar-refractivity contribution in [2.75, 3.05) is 6.61 Å². The molecule has 7 nitrogen and oxygen atoms in total. The summed E-state index contributed by atoms with van der Waals surface area (Å²) < 4.78 is 67.9. The lowest BCUT2D eigenvalue weighted by molar-refractivity contribution is -0.170. The molecule has 0 saturated heterocycles. The van der Waals surface area contributed by atoms with Gasteiger partial charge in [-0.05, 0) is 62.4 Å². The summed E-state index contributed by atoms with van der Waals surface area (Å²) in [5.74, 6) is -1.44. The summed E-state index contributed by atoms with van der Waals surface area (Å²) in [5, 5.41) is -5.02. The molecule has 32 heavy (non-hydrogen) atoms. The van der Waals surface area contributed by atoms with Crippen molar-refractivity contribution < 1.29 is 40.8 Å². The highest BCUT2D eigenvalue weighted by Crippen LogP contribution is 2.65. The molecule has 0 spiro atoms. The molecule has 0 heterocycles. The molecule has 0 amide bonds. The number of rotatable bonds is 10. The summed E-state index contributed by atoms with van der Waals surface area (Å²) in [6.45, 7) is 7.59. The van der Waals surface area contributed by atoms with Crippen molar-refractivity contribution in [3.63, 3.8) is 0 Å². The molecule has 0 aromatic rings. The first-order valence-electron chi connectivity index (χ1n) is 11.1. The number of alkyl halides is 2. The molecule has 0 aliphatic heterocycles. The second kappa shape index (κ2) is 8.34. The van der Waals surface area contributed by atoms with E-state index in [9.17, 15) is 26.8 Å². The van der Waals surface area contributed by atoms with E-state index in [1.165, 1.54) is 0 Å². The SMILES string of the molecule is CCCC(C)(CC(C)C)C(=O)OC1=C2C3CC2CC(COC(=O)C(F)(F)S(=O)(=O)O)(C1)C3. The minimum atomic E-state index is -5.92. The minimum absolute atomic E-state index is 0.147. The molecule has 10 heteroatoms. The zero-order valence-electron chi connectivity index (χ0n) is 18.9. The molecule has 5 aliphatic carbocycles. The molecule has 0 aromatic carbocycles. The number of ether oxygens (including phenoxy) is 2. The van der Waals surface area contributed by atoms with Gasteiger partial charge in [0.2, 0.25) is 0 Å². The molecular formula is C22H32F2O7S. The molecule has 3 unspecified atom stereocenters. The molecule has 182 valence electrons. The fourth-order valence-corrected chi connectivity index (χ4v) is 6.24. The van der Waals surface area contributed by atoms with Crippen LogP contribution in [0.5, 0.6) is 0 Å². The lowest BCUT2D eigenvalue weighted by atomic mass is 9.47. The van der Waals surface area contributed by atoms with Crippen LogP contribution in [0, 0.1) is 28.6 Å². The highest BCUT2D eigenvalue weighted by molar-refractivity contribution is 7.87. The maximum absolute atomic E-state index is 13.6. The average molecular weight is 479 g/mol. The Morgan fingerprint density at radius 3 is 2.31 bits per heavy atom. The van der Waals surface area contributed by atoms with Crippen LogP contribution in [0.15, 0.2) is 11.3 Å². The summed E-state index contributed by atoms with van der Waals surface area (Å²) in [4.78, 5) is 24.8. The van der Waals surface area contributed by atoms with Crippen LogP contribution in [0.4, 0.5) is 8.78 Å². The first-order chi connectivity index (χ1) is 14.6. The predicted octanol–water partition coefficient (Wildman–Crippen LogP) is 4.48. The van der Waals surface area contributed by atoms with Gasteiger partial charge in [-0.15, -0.1) is 0 Å². The average Bonchev–Trinajstić information content (AvgIpc) is 2.64. The Kier molecular flexibility index (Phi) is 6.54. The van der Waals surface area contributed by atoms with Crippen molar-refractivity contribution in [2.24, 2.45) is 28.6 Å². The van der Waals surface area contributed by atoms with E-state index in [4.69, 9.17) is 9.29 Å². The Bertz CT molecular complexity index is 911. The third kappa shape index (κ3) is 4.44. The van der Waals surface area contributed by atoms with Crippen molar-refractivity contribution >= 4 is 22.1 Å². The van der Waals surface area contributed by atoms with Gasteiger partial charge in [0.25, 0.3) is 0 Å². The number of halogens is 2. The van der Waals surface area contributed by atoms with Crippen molar-refractivity contribution in [1.29, 1.82) is 0 Å². The molecule has 3 saturated carbocycles. The van der Waals surface area contributed by atoms with E-state index in [0.717, 1.165) is 18.4 Å². The lowest BCUT2D eigenvalue weighted by Gasteiger charge is -2.58. The normalized spacial score (nSPS) is 28.9. The fraction of sp³-hybridized carbons (Fsp3) is 0.818. The molecule has 1 N–H and O–H groups in total. The van der Waals surface area contributed by atoms with Gasteiger partial charge >= 0.3 is 27.3 Å². The van der Waals surface area contributed by atoms with Gasteiger partial charge in [0.15, 0.2) is 0 Å². The predicted molar refractivity (Wildman–Crippen MR) is 111 cm³/mol. The number of hydrogen-bond donors (Lipinski definition) is 1. The van der Waals surface area contributed by atoms with Gasteiger partial charge in [0.1, 0.15) is 5.76 Å². The standard InChI is InChI=1S/C22H32F2O7S/c1-5-6-20(4,8-13(2)3)18(25)31-16-11-21(9-14-7-15(10-21)17(14)16)12-30-19(26)22(23,24)32(27,28)29/h13-15H,5-12H2,1-4H3,(H,27,28,29). The Balaban J connectivity index is 1.74. The van der Waals surface area contributed by atoms with Crippen LogP contribution in [0.3, 0.4) is 0 Å². The maximum atomic E-state index is 13.6. The highest BCUT2D eigenvalue weighted by Gasteiger charge is 2.59. The molecule has 0 aromatic heterocycles. The van der Waals surface area contributed by atoms with E-state index in [1.807, 2.05) is 27.7 Å². The number of fused-ring (bicyclic) bond motifs is 1. The van der Waals surface area contributed by atoms with Crippen molar-refractivity contribution in [3.8, 4) is 0 Å².